The second-order valence-electron chi connectivity index (χ2n) is 7.01. The van der Waals surface area contributed by atoms with E-state index in [0.717, 1.165) is 12.3 Å². The van der Waals surface area contributed by atoms with Crippen LogP contribution in [0.4, 0.5) is 24.7 Å². The van der Waals surface area contributed by atoms with E-state index in [1.165, 1.54) is 30.5 Å². The molecule has 3 heterocycles. The molecule has 3 aromatic heterocycles. The van der Waals surface area contributed by atoms with Gasteiger partial charge in [-0.05, 0) is 55.5 Å². The monoisotopic (exact) mass is 459 g/mol. The summed E-state index contributed by atoms with van der Waals surface area (Å²) in [4.78, 5) is 16.9. The molecule has 164 valence electrons. The zero-order valence-corrected chi connectivity index (χ0v) is 17.7. The smallest absolute Gasteiger partial charge is 0.340 e. The maximum absolute atomic E-state index is 13.4. The van der Waals surface area contributed by atoms with Crippen molar-refractivity contribution in [3.05, 3.63) is 66.1 Å². The number of aryl methyl sites for hydroxylation is 1. The number of rotatable bonds is 4. The van der Waals surface area contributed by atoms with Crippen molar-refractivity contribution >= 4 is 32.4 Å². The zero-order valence-electron chi connectivity index (χ0n) is 16.8. The van der Waals surface area contributed by atoms with Gasteiger partial charge in [-0.1, -0.05) is 0 Å². The molecule has 0 bridgehead atoms. The molecule has 0 radical (unpaired) electrons. The minimum absolute atomic E-state index is 0.0342. The lowest BCUT2D eigenvalue weighted by Gasteiger charge is -2.13. The van der Waals surface area contributed by atoms with Crippen molar-refractivity contribution in [3.63, 3.8) is 0 Å². The van der Waals surface area contributed by atoms with E-state index in [2.05, 4.69) is 25.3 Å². The minimum Gasteiger partial charge on any atom is -0.340 e. The van der Waals surface area contributed by atoms with E-state index in [9.17, 15) is 21.6 Å². The Bertz CT molecular complexity index is 1420. The molecule has 0 fully saturated rings. The fraction of sp³-hybridized carbons (Fsp3) is 0.143. The number of nitrogens with one attached hydrogen (secondary N) is 1. The average molecular weight is 459 g/mol. The van der Waals surface area contributed by atoms with Gasteiger partial charge in [0.05, 0.1) is 21.5 Å². The standard InChI is InChI=1S/C21H16F3N5O2S/c1-12-26-19(28-13-5-7-14(8-6-13)32(2,30)31)15-9-10-17(29-20(15)27-12)18-16(21(22,23)24)4-3-11-25-18/h3-11H,1-2H3,(H,26,27,28,29). The SMILES string of the molecule is Cc1nc(Nc2ccc(S(C)(=O)=O)cc2)c2ccc(-c3ncccc3C(F)(F)F)nc2n1. The Balaban J connectivity index is 1.76. The van der Waals surface area contributed by atoms with E-state index in [0.29, 0.717) is 22.7 Å². The number of sulfone groups is 1. The Morgan fingerprint density at radius 2 is 1.66 bits per heavy atom. The maximum atomic E-state index is 13.4. The quantitative estimate of drug-likeness (QED) is 0.478. The highest BCUT2D eigenvalue weighted by Crippen LogP contribution is 2.35. The second-order valence-corrected chi connectivity index (χ2v) is 9.02. The van der Waals surface area contributed by atoms with Crippen molar-refractivity contribution in [2.75, 3.05) is 11.6 Å². The van der Waals surface area contributed by atoms with Gasteiger partial charge in [0, 0.05) is 18.1 Å². The van der Waals surface area contributed by atoms with Crippen molar-refractivity contribution in [1.82, 2.24) is 19.9 Å². The summed E-state index contributed by atoms with van der Waals surface area (Å²) < 4.78 is 63.4. The molecule has 0 unspecified atom stereocenters. The first-order valence-electron chi connectivity index (χ1n) is 9.27. The molecule has 4 aromatic rings. The van der Waals surface area contributed by atoms with Crippen LogP contribution in [-0.2, 0) is 16.0 Å². The third-order valence-corrected chi connectivity index (χ3v) is 5.70. The van der Waals surface area contributed by atoms with Crippen LogP contribution in [0, 0.1) is 6.92 Å². The first kappa shape index (κ1) is 21.6. The molecule has 0 saturated heterocycles. The van der Waals surface area contributed by atoms with E-state index in [1.807, 2.05) is 0 Å². The van der Waals surface area contributed by atoms with Gasteiger partial charge in [0.1, 0.15) is 17.3 Å². The summed E-state index contributed by atoms with van der Waals surface area (Å²) in [6, 6.07) is 11.3. The van der Waals surface area contributed by atoms with Crippen LogP contribution in [0.2, 0.25) is 0 Å². The molecule has 32 heavy (non-hydrogen) atoms. The number of fused-ring (bicyclic) bond motifs is 1. The Kier molecular flexibility index (Phi) is 5.29. The summed E-state index contributed by atoms with van der Waals surface area (Å²) in [7, 11) is -3.33. The van der Waals surface area contributed by atoms with Crippen LogP contribution in [0.5, 0.6) is 0 Å². The number of aromatic nitrogens is 4. The number of alkyl halides is 3. The van der Waals surface area contributed by atoms with Gasteiger partial charge in [0.2, 0.25) is 0 Å². The van der Waals surface area contributed by atoms with Gasteiger partial charge in [-0.25, -0.2) is 23.4 Å². The van der Waals surface area contributed by atoms with Crippen LogP contribution >= 0.6 is 0 Å². The molecule has 0 saturated carbocycles. The van der Waals surface area contributed by atoms with E-state index in [4.69, 9.17) is 0 Å². The van der Waals surface area contributed by atoms with E-state index in [-0.39, 0.29) is 21.9 Å². The number of benzene rings is 1. The summed E-state index contributed by atoms with van der Waals surface area (Å²) in [5.41, 5.74) is -0.369. The molecule has 1 aromatic carbocycles. The topological polar surface area (TPSA) is 97.7 Å². The van der Waals surface area contributed by atoms with E-state index < -0.39 is 21.6 Å². The summed E-state index contributed by atoms with van der Waals surface area (Å²) in [6.07, 6.45) is -2.19. The van der Waals surface area contributed by atoms with Gasteiger partial charge in [-0.2, -0.15) is 13.2 Å². The van der Waals surface area contributed by atoms with Crippen LogP contribution < -0.4 is 5.32 Å². The molecular formula is C21H16F3N5O2S. The lowest BCUT2D eigenvalue weighted by molar-refractivity contribution is -0.137. The lowest BCUT2D eigenvalue weighted by Crippen LogP contribution is -2.09. The predicted molar refractivity (Wildman–Crippen MR) is 113 cm³/mol. The molecule has 0 amide bonds. The average Bonchev–Trinajstić information content (AvgIpc) is 2.72. The normalized spacial score (nSPS) is 12.2. The summed E-state index contributed by atoms with van der Waals surface area (Å²) in [6.45, 7) is 1.63. The Hall–Kier alpha value is -3.60. The van der Waals surface area contributed by atoms with Crippen LogP contribution in [0.1, 0.15) is 11.4 Å². The molecule has 0 spiro atoms. The summed E-state index contributed by atoms with van der Waals surface area (Å²) in [5, 5.41) is 3.56. The van der Waals surface area contributed by atoms with Crippen LogP contribution in [0.25, 0.3) is 22.4 Å². The number of anilines is 2. The summed E-state index contributed by atoms with van der Waals surface area (Å²) in [5.74, 6) is 0.741. The van der Waals surface area contributed by atoms with Crippen molar-refractivity contribution in [3.8, 4) is 11.4 Å². The van der Waals surface area contributed by atoms with E-state index in [1.54, 1.807) is 25.1 Å². The van der Waals surface area contributed by atoms with Gasteiger partial charge in [-0.15, -0.1) is 0 Å². The molecular weight excluding hydrogens is 443 g/mol. The van der Waals surface area contributed by atoms with Gasteiger partial charge < -0.3 is 5.32 Å². The van der Waals surface area contributed by atoms with Gasteiger partial charge in [0.25, 0.3) is 0 Å². The van der Waals surface area contributed by atoms with Gasteiger partial charge >= 0.3 is 6.18 Å². The van der Waals surface area contributed by atoms with Crippen molar-refractivity contribution in [1.29, 1.82) is 0 Å². The Morgan fingerprint density at radius 1 is 0.938 bits per heavy atom. The number of nitrogens with zero attached hydrogens (tertiary/aromatic N) is 4. The lowest BCUT2D eigenvalue weighted by atomic mass is 10.1. The second kappa shape index (κ2) is 7.83. The molecule has 11 heteroatoms. The third-order valence-electron chi connectivity index (χ3n) is 4.57. The van der Waals surface area contributed by atoms with Gasteiger partial charge in [-0.3, -0.25) is 4.98 Å². The highest BCUT2D eigenvalue weighted by atomic mass is 32.2. The molecule has 7 nitrogen and oxygen atoms in total. The molecule has 0 atom stereocenters. The van der Waals surface area contributed by atoms with Crippen LogP contribution in [0.15, 0.2) is 59.6 Å². The highest BCUT2D eigenvalue weighted by molar-refractivity contribution is 7.90. The van der Waals surface area contributed by atoms with Crippen LogP contribution in [-0.4, -0.2) is 34.6 Å². The van der Waals surface area contributed by atoms with Gasteiger partial charge in [0.15, 0.2) is 15.5 Å². The first-order chi connectivity index (χ1) is 15.0. The molecule has 0 aliphatic rings. The zero-order chi connectivity index (χ0) is 23.1. The fourth-order valence-electron chi connectivity index (χ4n) is 3.11. The Labute approximate surface area is 181 Å². The molecule has 4 rings (SSSR count). The van der Waals surface area contributed by atoms with E-state index >= 15 is 0 Å². The largest absolute Gasteiger partial charge is 0.418 e. The summed E-state index contributed by atoms with van der Waals surface area (Å²) >= 11 is 0. The maximum Gasteiger partial charge on any atom is 0.418 e. The minimum atomic E-state index is -4.58. The third kappa shape index (κ3) is 4.37. The molecule has 1 N–H and O–H groups in total. The fourth-order valence-corrected chi connectivity index (χ4v) is 3.74. The number of hydrogen-bond donors (Lipinski definition) is 1. The number of pyridine rings is 2. The first-order valence-corrected chi connectivity index (χ1v) is 11.2. The number of hydrogen-bond acceptors (Lipinski definition) is 7. The van der Waals surface area contributed by atoms with Crippen molar-refractivity contribution < 1.29 is 21.6 Å². The molecule has 0 aliphatic heterocycles. The number of halogens is 3. The molecule has 0 aliphatic carbocycles. The predicted octanol–water partition coefficient (Wildman–Crippen LogP) is 4.56. The Morgan fingerprint density at radius 3 is 2.31 bits per heavy atom. The van der Waals surface area contributed by atoms with Crippen molar-refractivity contribution in [2.45, 2.75) is 18.0 Å². The van der Waals surface area contributed by atoms with Crippen LogP contribution in [0.3, 0.4) is 0 Å². The highest BCUT2D eigenvalue weighted by Gasteiger charge is 2.34. The van der Waals surface area contributed by atoms with Crippen molar-refractivity contribution in [2.24, 2.45) is 0 Å².